The third-order valence-electron chi connectivity index (χ3n) is 3.43. The Balaban J connectivity index is 2.30. The summed E-state index contributed by atoms with van der Waals surface area (Å²) >= 11 is 0. The summed E-state index contributed by atoms with van der Waals surface area (Å²) in [5, 5.41) is 10.4. The van der Waals surface area contributed by atoms with Crippen LogP contribution in [0.15, 0.2) is 36.5 Å². The Kier molecular flexibility index (Phi) is 4.01. The molecule has 19 heavy (non-hydrogen) atoms. The van der Waals surface area contributed by atoms with Crippen molar-refractivity contribution in [3.63, 3.8) is 0 Å². The van der Waals surface area contributed by atoms with Gasteiger partial charge in [-0.25, -0.2) is 0 Å². The highest BCUT2D eigenvalue weighted by Crippen LogP contribution is 2.25. The zero-order valence-electron chi connectivity index (χ0n) is 12.0. The van der Waals surface area contributed by atoms with Gasteiger partial charge in [0.15, 0.2) is 0 Å². The fourth-order valence-corrected chi connectivity index (χ4v) is 2.23. The molecule has 0 aliphatic heterocycles. The van der Waals surface area contributed by atoms with Crippen molar-refractivity contribution < 1.29 is 5.11 Å². The van der Waals surface area contributed by atoms with E-state index in [0.717, 1.165) is 22.4 Å². The van der Waals surface area contributed by atoms with Crippen LogP contribution in [0.3, 0.4) is 0 Å². The Bertz CT molecular complexity index is 558. The second-order valence-corrected chi connectivity index (χ2v) is 5.44. The number of rotatable bonds is 3. The van der Waals surface area contributed by atoms with Gasteiger partial charge >= 0.3 is 0 Å². The average Bonchev–Trinajstić information content (AvgIpc) is 2.38. The summed E-state index contributed by atoms with van der Waals surface area (Å²) in [7, 11) is 0. The van der Waals surface area contributed by atoms with E-state index in [1.54, 1.807) is 6.20 Å². The van der Waals surface area contributed by atoms with Crippen molar-refractivity contribution in [2.75, 3.05) is 0 Å². The SMILES string of the molecule is Cc1cnc(C(O)c2ccc(C(C)C)cc2)c(C)c1. The second-order valence-electron chi connectivity index (χ2n) is 5.44. The zero-order chi connectivity index (χ0) is 14.0. The largest absolute Gasteiger partial charge is 0.382 e. The van der Waals surface area contributed by atoms with Crippen molar-refractivity contribution in [2.24, 2.45) is 0 Å². The van der Waals surface area contributed by atoms with Crippen LogP contribution in [0.2, 0.25) is 0 Å². The van der Waals surface area contributed by atoms with Gasteiger partial charge in [-0.1, -0.05) is 44.2 Å². The van der Waals surface area contributed by atoms with Gasteiger partial charge in [0.1, 0.15) is 6.10 Å². The first-order chi connectivity index (χ1) is 8.99. The molecule has 0 radical (unpaired) electrons. The van der Waals surface area contributed by atoms with E-state index >= 15 is 0 Å². The monoisotopic (exact) mass is 255 g/mol. The van der Waals surface area contributed by atoms with Gasteiger partial charge in [0, 0.05) is 6.20 Å². The molecule has 2 rings (SSSR count). The predicted octanol–water partition coefficient (Wildman–Crippen LogP) is 3.90. The molecule has 0 fully saturated rings. The number of hydrogen-bond donors (Lipinski definition) is 1. The van der Waals surface area contributed by atoms with E-state index in [2.05, 4.69) is 31.0 Å². The molecule has 1 N–H and O–H groups in total. The number of hydrogen-bond acceptors (Lipinski definition) is 2. The third-order valence-corrected chi connectivity index (χ3v) is 3.43. The van der Waals surface area contributed by atoms with E-state index in [1.807, 2.05) is 32.0 Å². The van der Waals surface area contributed by atoms with Crippen LogP contribution in [0.5, 0.6) is 0 Å². The van der Waals surface area contributed by atoms with Gasteiger partial charge in [-0.05, 0) is 42.0 Å². The van der Waals surface area contributed by atoms with Gasteiger partial charge in [0.2, 0.25) is 0 Å². The molecule has 1 aromatic carbocycles. The van der Waals surface area contributed by atoms with Crippen molar-refractivity contribution >= 4 is 0 Å². The number of aromatic nitrogens is 1. The number of aliphatic hydroxyl groups excluding tert-OH is 1. The van der Waals surface area contributed by atoms with Crippen LogP contribution in [-0.4, -0.2) is 10.1 Å². The maximum absolute atomic E-state index is 10.4. The van der Waals surface area contributed by atoms with Crippen molar-refractivity contribution in [2.45, 2.75) is 39.7 Å². The molecule has 2 aromatic rings. The maximum atomic E-state index is 10.4. The van der Waals surface area contributed by atoms with E-state index in [1.165, 1.54) is 5.56 Å². The number of pyridine rings is 1. The van der Waals surface area contributed by atoms with Crippen LogP contribution in [0, 0.1) is 13.8 Å². The molecule has 2 nitrogen and oxygen atoms in total. The van der Waals surface area contributed by atoms with Gasteiger partial charge < -0.3 is 5.11 Å². The molecule has 100 valence electrons. The van der Waals surface area contributed by atoms with Crippen molar-refractivity contribution in [3.05, 3.63) is 64.5 Å². The van der Waals surface area contributed by atoms with Gasteiger partial charge in [-0.15, -0.1) is 0 Å². The average molecular weight is 255 g/mol. The molecular formula is C17H21NO. The quantitative estimate of drug-likeness (QED) is 0.902. The van der Waals surface area contributed by atoms with Crippen LogP contribution in [-0.2, 0) is 0 Å². The van der Waals surface area contributed by atoms with Crippen LogP contribution >= 0.6 is 0 Å². The third kappa shape index (κ3) is 3.02. The van der Waals surface area contributed by atoms with Crippen molar-refractivity contribution in [1.82, 2.24) is 4.98 Å². The van der Waals surface area contributed by atoms with Gasteiger partial charge in [0.25, 0.3) is 0 Å². The molecule has 0 bridgehead atoms. The summed E-state index contributed by atoms with van der Waals surface area (Å²) in [5.74, 6) is 0.505. The van der Waals surface area contributed by atoms with Crippen LogP contribution in [0.4, 0.5) is 0 Å². The molecule has 0 aliphatic carbocycles. The van der Waals surface area contributed by atoms with Crippen molar-refractivity contribution in [3.8, 4) is 0 Å². The van der Waals surface area contributed by atoms with E-state index < -0.39 is 6.10 Å². The van der Waals surface area contributed by atoms with E-state index in [0.29, 0.717) is 5.92 Å². The number of aliphatic hydroxyl groups is 1. The van der Waals surface area contributed by atoms with Crippen LogP contribution in [0.1, 0.15) is 53.8 Å². The first-order valence-corrected chi connectivity index (χ1v) is 6.70. The first kappa shape index (κ1) is 13.8. The Morgan fingerprint density at radius 1 is 1.00 bits per heavy atom. The first-order valence-electron chi connectivity index (χ1n) is 6.70. The summed E-state index contributed by atoms with van der Waals surface area (Å²) < 4.78 is 0. The molecule has 2 heteroatoms. The van der Waals surface area contributed by atoms with E-state index in [4.69, 9.17) is 0 Å². The molecule has 0 aliphatic rings. The number of nitrogens with zero attached hydrogens (tertiary/aromatic N) is 1. The summed E-state index contributed by atoms with van der Waals surface area (Å²) in [6, 6.07) is 10.2. The summed E-state index contributed by atoms with van der Waals surface area (Å²) in [4.78, 5) is 4.36. The summed E-state index contributed by atoms with van der Waals surface area (Å²) in [5.41, 5.74) is 5.06. The minimum atomic E-state index is -0.651. The highest BCUT2D eigenvalue weighted by Gasteiger charge is 2.14. The molecule has 0 saturated carbocycles. The summed E-state index contributed by atoms with van der Waals surface area (Å²) in [6.45, 7) is 8.32. The normalized spacial score (nSPS) is 12.7. The fraction of sp³-hybridized carbons (Fsp3) is 0.353. The lowest BCUT2D eigenvalue weighted by Gasteiger charge is -2.14. The molecule has 1 aromatic heterocycles. The fourth-order valence-electron chi connectivity index (χ4n) is 2.23. The smallest absolute Gasteiger partial charge is 0.121 e. The van der Waals surface area contributed by atoms with Gasteiger partial charge in [-0.2, -0.15) is 0 Å². The van der Waals surface area contributed by atoms with Crippen LogP contribution in [0.25, 0.3) is 0 Å². The molecular weight excluding hydrogens is 234 g/mol. The lowest BCUT2D eigenvalue weighted by Crippen LogP contribution is -2.05. The van der Waals surface area contributed by atoms with Crippen molar-refractivity contribution in [1.29, 1.82) is 0 Å². The lowest BCUT2D eigenvalue weighted by molar-refractivity contribution is 0.214. The lowest BCUT2D eigenvalue weighted by atomic mass is 9.97. The molecule has 1 atom stereocenters. The molecule has 1 unspecified atom stereocenters. The van der Waals surface area contributed by atoms with E-state index in [-0.39, 0.29) is 0 Å². The topological polar surface area (TPSA) is 33.1 Å². The maximum Gasteiger partial charge on any atom is 0.121 e. The second kappa shape index (κ2) is 5.54. The predicted molar refractivity (Wildman–Crippen MR) is 78.3 cm³/mol. The molecule has 0 spiro atoms. The standard InChI is InChI=1S/C17H21NO/c1-11(2)14-5-7-15(8-6-14)17(19)16-13(4)9-12(3)10-18-16/h5-11,17,19H,1-4H3. The Labute approximate surface area is 115 Å². The highest BCUT2D eigenvalue weighted by molar-refractivity contribution is 5.34. The Morgan fingerprint density at radius 2 is 1.58 bits per heavy atom. The minimum Gasteiger partial charge on any atom is -0.382 e. The molecule has 0 amide bonds. The molecule has 1 heterocycles. The Morgan fingerprint density at radius 3 is 2.11 bits per heavy atom. The van der Waals surface area contributed by atoms with Gasteiger partial charge in [0.05, 0.1) is 5.69 Å². The molecule has 0 saturated heterocycles. The number of aryl methyl sites for hydroxylation is 2. The minimum absolute atomic E-state index is 0.505. The number of benzene rings is 1. The van der Waals surface area contributed by atoms with E-state index in [9.17, 15) is 5.11 Å². The highest BCUT2D eigenvalue weighted by atomic mass is 16.3. The Hall–Kier alpha value is -1.67. The zero-order valence-corrected chi connectivity index (χ0v) is 12.0. The summed E-state index contributed by atoms with van der Waals surface area (Å²) in [6.07, 6.45) is 1.15. The van der Waals surface area contributed by atoms with Gasteiger partial charge in [-0.3, -0.25) is 4.98 Å². The van der Waals surface area contributed by atoms with Crippen LogP contribution < -0.4 is 0 Å².